The molecule has 0 saturated heterocycles. The van der Waals surface area contributed by atoms with E-state index in [-0.39, 0.29) is 0 Å². The Kier molecular flexibility index (Phi) is 3.62. The molecule has 2 rings (SSSR count). The maximum absolute atomic E-state index is 5.34. The van der Waals surface area contributed by atoms with Crippen LogP contribution in [0.4, 0.5) is 0 Å². The Balaban J connectivity index is 2.56. The first kappa shape index (κ1) is 12.2. The van der Waals surface area contributed by atoms with E-state index in [4.69, 9.17) is 14.2 Å². The van der Waals surface area contributed by atoms with Gasteiger partial charge in [-0.15, -0.1) is 0 Å². The van der Waals surface area contributed by atoms with Crippen molar-refractivity contribution in [2.75, 3.05) is 21.3 Å². The number of nitrogens with zero attached hydrogens (tertiary/aromatic N) is 2. The predicted octanol–water partition coefficient (Wildman–Crippen LogP) is 2.17. The van der Waals surface area contributed by atoms with Crippen molar-refractivity contribution in [2.45, 2.75) is 0 Å². The highest BCUT2D eigenvalue weighted by atomic mass is 16.5. The van der Waals surface area contributed by atoms with Crippen LogP contribution in [-0.2, 0) is 0 Å². The molecule has 0 N–H and O–H groups in total. The van der Waals surface area contributed by atoms with E-state index >= 15 is 0 Å². The van der Waals surface area contributed by atoms with E-state index in [1.165, 1.54) is 0 Å². The van der Waals surface area contributed by atoms with Gasteiger partial charge in [-0.3, -0.25) is 0 Å². The summed E-state index contributed by atoms with van der Waals surface area (Å²) in [6.45, 7) is 0. The van der Waals surface area contributed by atoms with Crippen LogP contribution in [0.3, 0.4) is 0 Å². The molecule has 1 aromatic carbocycles. The summed E-state index contributed by atoms with van der Waals surface area (Å²) in [4.78, 5) is 8.40. The minimum atomic E-state index is 0.459. The summed E-state index contributed by atoms with van der Waals surface area (Å²) in [6, 6.07) is 5.50. The second-order valence-electron chi connectivity index (χ2n) is 3.48. The Morgan fingerprint density at radius 3 is 2.33 bits per heavy atom. The van der Waals surface area contributed by atoms with Crippen molar-refractivity contribution in [1.82, 2.24) is 9.97 Å². The summed E-state index contributed by atoms with van der Waals surface area (Å²) in [5, 5.41) is 0. The largest absolute Gasteiger partial charge is 0.497 e. The van der Waals surface area contributed by atoms with Gasteiger partial charge in [0.05, 0.1) is 21.3 Å². The SMILES string of the molecule is COc1ccc(-c2nccnc2OC)c(OC)c1. The van der Waals surface area contributed by atoms with E-state index < -0.39 is 0 Å². The van der Waals surface area contributed by atoms with E-state index in [2.05, 4.69) is 9.97 Å². The van der Waals surface area contributed by atoms with Crippen LogP contribution in [0.5, 0.6) is 17.4 Å². The topological polar surface area (TPSA) is 53.5 Å². The number of hydrogen-bond donors (Lipinski definition) is 0. The molecule has 2 aromatic rings. The molecule has 0 aliphatic heterocycles. The average molecular weight is 246 g/mol. The van der Waals surface area contributed by atoms with Crippen LogP contribution >= 0.6 is 0 Å². The monoisotopic (exact) mass is 246 g/mol. The zero-order chi connectivity index (χ0) is 13.0. The van der Waals surface area contributed by atoms with Crippen LogP contribution in [0, 0.1) is 0 Å². The van der Waals surface area contributed by atoms with E-state index in [1.807, 2.05) is 12.1 Å². The van der Waals surface area contributed by atoms with Crippen LogP contribution in [0.25, 0.3) is 11.3 Å². The Hall–Kier alpha value is -2.30. The quantitative estimate of drug-likeness (QED) is 0.827. The van der Waals surface area contributed by atoms with E-state index in [0.717, 1.165) is 11.3 Å². The van der Waals surface area contributed by atoms with Gasteiger partial charge in [0.1, 0.15) is 17.2 Å². The van der Waals surface area contributed by atoms with Gasteiger partial charge in [0, 0.05) is 24.0 Å². The molecule has 5 heteroatoms. The molecule has 0 atom stereocenters. The molecule has 0 spiro atoms. The van der Waals surface area contributed by atoms with Crippen molar-refractivity contribution in [3.05, 3.63) is 30.6 Å². The van der Waals surface area contributed by atoms with Gasteiger partial charge in [-0.2, -0.15) is 0 Å². The summed E-state index contributed by atoms with van der Waals surface area (Å²) in [6.07, 6.45) is 3.19. The maximum atomic E-state index is 5.34. The molecule has 5 nitrogen and oxygen atoms in total. The summed E-state index contributed by atoms with van der Waals surface area (Å²) in [5.41, 5.74) is 1.45. The summed E-state index contributed by atoms with van der Waals surface area (Å²) >= 11 is 0. The highest BCUT2D eigenvalue weighted by Crippen LogP contribution is 2.35. The van der Waals surface area contributed by atoms with Crippen LogP contribution in [-0.4, -0.2) is 31.3 Å². The average Bonchev–Trinajstić information content (AvgIpc) is 2.46. The summed E-state index contributed by atoms with van der Waals surface area (Å²) in [5.74, 6) is 1.84. The standard InChI is InChI=1S/C13H14N2O3/c1-16-9-4-5-10(11(8-9)17-2)12-13(18-3)15-7-6-14-12/h4-8H,1-3H3. The number of methoxy groups -OCH3 is 3. The molecule has 1 aromatic heterocycles. The highest BCUT2D eigenvalue weighted by molar-refractivity contribution is 5.71. The first-order chi connectivity index (χ1) is 8.80. The molecule has 94 valence electrons. The number of hydrogen-bond acceptors (Lipinski definition) is 5. The van der Waals surface area contributed by atoms with Gasteiger partial charge >= 0.3 is 0 Å². The molecule has 0 radical (unpaired) electrons. The van der Waals surface area contributed by atoms with Gasteiger partial charge in [0.15, 0.2) is 0 Å². The fourth-order valence-electron chi connectivity index (χ4n) is 1.65. The Labute approximate surface area is 105 Å². The van der Waals surface area contributed by atoms with Crippen LogP contribution in [0.2, 0.25) is 0 Å². The van der Waals surface area contributed by atoms with Gasteiger partial charge in [0.2, 0.25) is 5.88 Å². The van der Waals surface area contributed by atoms with Crippen LogP contribution in [0.1, 0.15) is 0 Å². The molecule has 0 saturated carbocycles. The Morgan fingerprint density at radius 2 is 1.67 bits per heavy atom. The minimum Gasteiger partial charge on any atom is -0.497 e. The number of ether oxygens (including phenoxy) is 3. The van der Waals surface area contributed by atoms with Gasteiger partial charge in [-0.05, 0) is 12.1 Å². The Morgan fingerprint density at radius 1 is 0.889 bits per heavy atom. The third kappa shape index (κ3) is 2.20. The van der Waals surface area contributed by atoms with Crippen molar-refractivity contribution in [2.24, 2.45) is 0 Å². The third-order valence-corrected chi connectivity index (χ3v) is 2.52. The lowest BCUT2D eigenvalue weighted by Crippen LogP contribution is -1.96. The lowest BCUT2D eigenvalue weighted by atomic mass is 10.1. The maximum Gasteiger partial charge on any atom is 0.240 e. The lowest BCUT2D eigenvalue weighted by molar-refractivity contribution is 0.390. The normalized spacial score (nSPS) is 9.94. The molecule has 1 heterocycles. The smallest absolute Gasteiger partial charge is 0.240 e. The van der Waals surface area contributed by atoms with Crippen molar-refractivity contribution in [3.63, 3.8) is 0 Å². The van der Waals surface area contributed by atoms with Crippen molar-refractivity contribution in [3.8, 4) is 28.6 Å². The van der Waals surface area contributed by atoms with Crippen molar-refractivity contribution in [1.29, 1.82) is 0 Å². The molecular weight excluding hydrogens is 232 g/mol. The molecule has 0 aliphatic carbocycles. The highest BCUT2D eigenvalue weighted by Gasteiger charge is 2.14. The zero-order valence-electron chi connectivity index (χ0n) is 10.5. The van der Waals surface area contributed by atoms with Gasteiger partial charge in [-0.25, -0.2) is 9.97 Å². The molecule has 0 fully saturated rings. The second-order valence-corrected chi connectivity index (χ2v) is 3.48. The van der Waals surface area contributed by atoms with Crippen molar-refractivity contribution >= 4 is 0 Å². The Bertz CT molecular complexity index is 544. The number of benzene rings is 1. The van der Waals surface area contributed by atoms with E-state index in [1.54, 1.807) is 39.8 Å². The summed E-state index contributed by atoms with van der Waals surface area (Å²) < 4.78 is 15.7. The van der Waals surface area contributed by atoms with Gasteiger partial charge in [-0.1, -0.05) is 0 Å². The fourth-order valence-corrected chi connectivity index (χ4v) is 1.65. The van der Waals surface area contributed by atoms with Crippen LogP contribution in [0.15, 0.2) is 30.6 Å². The molecule has 0 amide bonds. The number of rotatable bonds is 4. The first-order valence-corrected chi connectivity index (χ1v) is 5.37. The zero-order valence-corrected chi connectivity index (χ0v) is 10.5. The van der Waals surface area contributed by atoms with Crippen molar-refractivity contribution < 1.29 is 14.2 Å². The molecular formula is C13H14N2O3. The summed E-state index contributed by atoms with van der Waals surface area (Å²) in [7, 11) is 4.77. The first-order valence-electron chi connectivity index (χ1n) is 5.37. The van der Waals surface area contributed by atoms with E-state index in [0.29, 0.717) is 17.3 Å². The van der Waals surface area contributed by atoms with Gasteiger partial charge in [0.25, 0.3) is 0 Å². The molecule has 18 heavy (non-hydrogen) atoms. The third-order valence-electron chi connectivity index (χ3n) is 2.52. The lowest BCUT2D eigenvalue weighted by Gasteiger charge is -2.11. The van der Waals surface area contributed by atoms with E-state index in [9.17, 15) is 0 Å². The molecule has 0 aliphatic rings. The predicted molar refractivity (Wildman–Crippen MR) is 67.1 cm³/mol. The fraction of sp³-hybridized carbons (Fsp3) is 0.231. The molecule has 0 bridgehead atoms. The minimum absolute atomic E-state index is 0.459. The number of aromatic nitrogens is 2. The second kappa shape index (κ2) is 5.35. The van der Waals surface area contributed by atoms with Gasteiger partial charge < -0.3 is 14.2 Å². The molecule has 0 unspecified atom stereocenters. The van der Waals surface area contributed by atoms with Crippen LogP contribution < -0.4 is 14.2 Å².